The smallest absolute Gasteiger partial charge is 0.407 e. The van der Waals surface area contributed by atoms with E-state index in [0.29, 0.717) is 29.8 Å². The van der Waals surface area contributed by atoms with Crippen LogP contribution in [0, 0.1) is 23.3 Å². The molecular formula is C25H20F4N4O4S. The molecule has 4 rings (SSSR count). The molecule has 2 aromatic carbocycles. The lowest BCUT2D eigenvalue weighted by molar-refractivity contribution is 0.198. The van der Waals surface area contributed by atoms with E-state index in [1.54, 1.807) is 26.0 Å². The second-order valence-electron chi connectivity index (χ2n) is 7.86. The van der Waals surface area contributed by atoms with E-state index in [1.807, 2.05) is 0 Å². The SMILES string of the molecule is CCNC(=O)Oc1cc(S(=O)(=O)c2cc(F)ccc2F)c(F)c(-c2nn(CC)cc2-c2ccncc2)c1F. The molecule has 198 valence electrons. The standard InChI is InChI=1S/C25H20F4N4O4S/c1-3-31-25(34)37-18-12-20(38(35,36)19-11-15(26)5-6-17(19)27)23(29)21(22(18)28)24-16(13-33(4-2)32-24)14-7-9-30-10-8-14/h5-13H,3-4H2,1-2H3,(H,31,34). The van der Waals surface area contributed by atoms with Crippen molar-refractivity contribution in [1.29, 1.82) is 0 Å². The van der Waals surface area contributed by atoms with Crippen molar-refractivity contribution in [2.24, 2.45) is 0 Å². The maximum atomic E-state index is 16.1. The minimum atomic E-state index is -5.13. The molecule has 0 radical (unpaired) electrons. The quantitative estimate of drug-likeness (QED) is 0.254. The summed E-state index contributed by atoms with van der Waals surface area (Å²) in [6, 6.07) is 5.11. The Morgan fingerprint density at radius 3 is 2.37 bits per heavy atom. The predicted octanol–water partition coefficient (Wildman–Crippen LogP) is 5.13. The highest BCUT2D eigenvalue weighted by atomic mass is 32.2. The largest absolute Gasteiger partial charge is 0.412 e. The number of ether oxygens (including phenoxy) is 1. The number of pyridine rings is 1. The highest BCUT2D eigenvalue weighted by Crippen LogP contribution is 2.41. The fourth-order valence-electron chi connectivity index (χ4n) is 3.66. The lowest BCUT2D eigenvalue weighted by Crippen LogP contribution is -2.27. The van der Waals surface area contributed by atoms with Crippen LogP contribution >= 0.6 is 0 Å². The summed E-state index contributed by atoms with van der Waals surface area (Å²) >= 11 is 0. The van der Waals surface area contributed by atoms with Gasteiger partial charge < -0.3 is 10.1 Å². The Morgan fingerprint density at radius 1 is 1.00 bits per heavy atom. The molecule has 1 N–H and O–H groups in total. The van der Waals surface area contributed by atoms with Crippen LogP contribution in [0.4, 0.5) is 22.4 Å². The number of aromatic nitrogens is 3. The van der Waals surface area contributed by atoms with Crippen molar-refractivity contribution < 1.29 is 35.5 Å². The van der Waals surface area contributed by atoms with Gasteiger partial charge in [0.15, 0.2) is 17.4 Å². The van der Waals surface area contributed by atoms with E-state index in [-0.39, 0.29) is 24.3 Å². The third-order valence-corrected chi connectivity index (χ3v) is 7.21. The molecule has 0 unspecified atom stereocenters. The van der Waals surface area contributed by atoms with E-state index in [2.05, 4.69) is 15.4 Å². The van der Waals surface area contributed by atoms with Gasteiger partial charge in [0.05, 0.1) is 5.56 Å². The summed E-state index contributed by atoms with van der Waals surface area (Å²) in [7, 11) is -5.13. The Morgan fingerprint density at radius 2 is 1.71 bits per heavy atom. The summed E-state index contributed by atoms with van der Waals surface area (Å²) in [5.41, 5.74) is -0.599. The van der Waals surface area contributed by atoms with Gasteiger partial charge in [-0.05, 0) is 49.7 Å². The van der Waals surface area contributed by atoms with Gasteiger partial charge in [0.1, 0.15) is 27.1 Å². The molecule has 0 saturated heterocycles. The second kappa shape index (κ2) is 10.6. The number of nitrogens with zero attached hydrogens (tertiary/aromatic N) is 3. The Labute approximate surface area is 214 Å². The van der Waals surface area contributed by atoms with Crippen LogP contribution in [0.2, 0.25) is 0 Å². The Kier molecular flexibility index (Phi) is 7.49. The average molecular weight is 549 g/mol. The maximum absolute atomic E-state index is 16.1. The molecule has 4 aromatic rings. The van der Waals surface area contributed by atoms with Crippen molar-refractivity contribution in [3.63, 3.8) is 0 Å². The zero-order chi connectivity index (χ0) is 27.6. The number of carbonyl (C=O) groups is 1. The maximum Gasteiger partial charge on any atom is 0.412 e. The molecule has 0 aliphatic carbocycles. The number of benzene rings is 2. The summed E-state index contributed by atoms with van der Waals surface area (Å²) in [6.45, 7) is 3.64. The van der Waals surface area contributed by atoms with Crippen molar-refractivity contribution in [3.05, 3.63) is 78.3 Å². The molecular weight excluding hydrogens is 528 g/mol. The number of hydrogen-bond donors (Lipinski definition) is 1. The van der Waals surface area contributed by atoms with E-state index in [4.69, 9.17) is 4.74 Å². The summed E-state index contributed by atoms with van der Waals surface area (Å²) in [5.74, 6) is -6.49. The molecule has 8 nitrogen and oxygen atoms in total. The molecule has 13 heteroatoms. The molecule has 0 bridgehead atoms. The first-order valence-corrected chi connectivity index (χ1v) is 12.7. The molecule has 38 heavy (non-hydrogen) atoms. The molecule has 0 atom stereocenters. The number of halogens is 4. The number of rotatable bonds is 7. The number of carbonyl (C=O) groups excluding carboxylic acids is 1. The van der Waals surface area contributed by atoms with Crippen LogP contribution in [0.5, 0.6) is 5.75 Å². The lowest BCUT2D eigenvalue weighted by Gasteiger charge is -2.15. The first-order chi connectivity index (χ1) is 18.1. The third kappa shape index (κ3) is 4.96. The Balaban J connectivity index is 2.06. The number of aryl methyl sites for hydroxylation is 1. The minimum Gasteiger partial charge on any atom is -0.407 e. The fourth-order valence-corrected chi connectivity index (χ4v) is 5.09. The molecule has 2 heterocycles. The van der Waals surface area contributed by atoms with E-state index < -0.39 is 60.3 Å². The van der Waals surface area contributed by atoms with Gasteiger partial charge >= 0.3 is 6.09 Å². The van der Waals surface area contributed by atoms with Gasteiger partial charge in [-0.1, -0.05) is 0 Å². The normalized spacial score (nSPS) is 11.4. The van der Waals surface area contributed by atoms with Gasteiger partial charge in [0.2, 0.25) is 9.84 Å². The van der Waals surface area contributed by atoms with Crippen molar-refractivity contribution >= 4 is 15.9 Å². The fraction of sp³-hybridized carbons (Fsp3) is 0.160. The number of amides is 1. The minimum absolute atomic E-state index is 0.0846. The van der Waals surface area contributed by atoms with Gasteiger partial charge in [0, 0.05) is 43.3 Å². The lowest BCUT2D eigenvalue weighted by atomic mass is 10.0. The number of sulfone groups is 1. The molecule has 0 saturated carbocycles. The summed E-state index contributed by atoms with van der Waals surface area (Å²) in [5, 5.41) is 6.46. The van der Waals surface area contributed by atoms with Gasteiger partial charge in [0.25, 0.3) is 0 Å². The second-order valence-corrected chi connectivity index (χ2v) is 9.74. The van der Waals surface area contributed by atoms with Crippen LogP contribution in [0.3, 0.4) is 0 Å². The molecule has 0 fully saturated rings. The summed E-state index contributed by atoms with van der Waals surface area (Å²) in [4.78, 5) is 13.6. The zero-order valence-corrected chi connectivity index (χ0v) is 20.8. The number of nitrogens with one attached hydrogen (secondary N) is 1. The van der Waals surface area contributed by atoms with Crippen molar-refractivity contribution in [1.82, 2.24) is 20.1 Å². The topological polar surface area (TPSA) is 103 Å². The summed E-state index contributed by atoms with van der Waals surface area (Å²) in [6.07, 6.45) is 3.21. The van der Waals surface area contributed by atoms with Gasteiger partial charge in [-0.15, -0.1) is 0 Å². The molecule has 2 aromatic heterocycles. The molecule has 0 aliphatic heterocycles. The molecule has 1 amide bonds. The van der Waals surface area contributed by atoms with Crippen LogP contribution in [-0.4, -0.2) is 35.8 Å². The third-order valence-electron chi connectivity index (χ3n) is 5.44. The van der Waals surface area contributed by atoms with Crippen LogP contribution in [0.25, 0.3) is 22.4 Å². The van der Waals surface area contributed by atoms with Crippen molar-refractivity contribution in [2.45, 2.75) is 30.2 Å². The van der Waals surface area contributed by atoms with E-state index in [1.165, 1.54) is 23.3 Å². The van der Waals surface area contributed by atoms with Crippen LogP contribution in [0.15, 0.2) is 64.8 Å². The Hall–Kier alpha value is -4.26. The van der Waals surface area contributed by atoms with E-state index >= 15 is 8.78 Å². The van der Waals surface area contributed by atoms with Gasteiger partial charge in [-0.25, -0.2) is 30.8 Å². The predicted molar refractivity (Wildman–Crippen MR) is 128 cm³/mol. The van der Waals surface area contributed by atoms with Gasteiger partial charge in [-0.3, -0.25) is 9.67 Å². The number of hydrogen-bond acceptors (Lipinski definition) is 6. The highest BCUT2D eigenvalue weighted by molar-refractivity contribution is 7.91. The Bertz CT molecular complexity index is 1630. The monoisotopic (exact) mass is 548 g/mol. The van der Waals surface area contributed by atoms with Gasteiger partial charge in [-0.2, -0.15) is 5.10 Å². The van der Waals surface area contributed by atoms with Crippen molar-refractivity contribution in [2.75, 3.05) is 6.54 Å². The first-order valence-electron chi connectivity index (χ1n) is 11.2. The first kappa shape index (κ1) is 26.8. The van der Waals surface area contributed by atoms with Crippen LogP contribution < -0.4 is 10.1 Å². The highest BCUT2D eigenvalue weighted by Gasteiger charge is 2.34. The summed E-state index contributed by atoms with van der Waals surface area (Å²) < 4.78 is 93.2. The van der Waals surface area contributed by atoms with Crippen molar-refractivity contribution in [3.8, 4) is 28.1 Å². The average Bonchev–Trinajstić information content (AvgIpc) is 3.32. The molecule has 0 spiro atoms. The van der Waals surface area contributed by atoms with Crippen LogP contribution in [0.1, 0.15) is 13.8 Å². The van der Waals surface area contributed by atoms with Crippen LogP contribution in [-0.2, 0) is 16.4 Å². The van der Waals surface area contributed by atoms with E-state index in [9.17, 15) is 22.0 Å². The molecule has 0 aliphatic rings. The van der Waals surface area contributed by atoms with E-state index in [0.717, 1.165) is 0 Å². The zero-order valence-electron chi connectivity index (χ0n) is 20.0.